The molecule has 0 heterocycles. The largest absolute Gasteiger partial charge is 0.292 e. The van der Waals surface area contributed by atoms with Gasteiger partial charge in [0, 0.05) is 11.9 Å². The van der Waals surface area contributed by atoms with Crippen LogP contribution in [-0.4, -0.2) is 11.0 Å². The highest BCUT2D eigenvalue weighted by atomic mass is 35.5. The zero-order valence-electron chi connectivity index (χ0n) is 7.42. The molecular formula is C9H8Cl2N2O. The molecule has 1 aromatic carbocycles. The van der Waals surface area contributed by atoms with Crippen molar-refractivity contribution < 1.29 is 4.79 Å². The lowest BCUT2D eigenvalue weighted by Crippen LogP contribution is -2.04. The third-order valence-electron chi connectivity index (χ3n) is 1.40. The van der Waals surface area contributed by atoms with Gasteiger partial charge in [0.05, 0.1) is 5.69 Å². The summed E-state index contributed by atoms with van der Waals surface area (Å²) in [6.07, 6.45) is 0. The number of ketones is 1. The van der Waals surface area contributed by atoms with Crippen LogP contribution in [0.5, 0.6) is 0 Å². The van der Waals surface area contributed by atoms with Crippen LogP contribution < -0.4 is 5.43 Å². The second-order valence-corrected chi connectivity index (χ2v) is 3.38. The number of nitrogens with zero attached hydrogens (tertiary/aromatic N) is 1. The molecule has 3 nitrogen and oxygen atoms in total. The normalized spacial score (nSPS) is 11.2. The van der Waals surface area contributed by atoms with Crippen LogP contribution in [0.4, 0.5) is 5.69 Å². The SMILES string of the molecule is CC(=O)/C(Cl)=N\Nc1cccc(Cl)c1. The number of halogens is 2. The molecule has 5 heteroatoms. The van der Waals surface area contributed by atoms with Gasteiger partial charge in [-0.2, -0.15) is 5.10 Å². The number of hydrogen-bond donors (Lipinski definition) is 1. The topological polar surface area (TPSA) is 41.5 Å². The summed E-state index contributed by atoms with van der Waals surface area (Å²) < 4.78 is 0. The minimum absolute atomic E-state index is 0.0926. The van der Waals surface area contributed by atoms with E-state index in [1.54, 1.807) is 24.3 Å². The van der Waals surface area contributed by atoms with Gasteiger partial charge >= 0.3 is 0 Å². The van der Waals surface area contributed by atoms with Gasteiger partial charge in [-0.15, -0.1) is 0 Å². The monoisotopic (exact) mass is 230 g/mol. The maximum Gasteiger partial charge on any atom is 0.191 e. The van der Waals surface area contributed by atoms with E-state index in [4.69, 9.17) is 23.2 Å². The van der Waals surface area contributed by atoms with Crippen molar-refractivity contribution in [2.45, 2.75) is 6.92 Å². The number of rotatable bonds is 3. The zero-order chi connectivity index (χ0) is 10.6. The lowest BCUT2D eigenvalue weighted by molar-refractivity contribution is -0.110. The Labute approximate surface area is 91.7 Å². The van der Waals surface area contributed by atoms with Crippen molar-refractivity contribution in [2.24, 2.45) is 5.10 Å². The number of hydrogen-bond acceptors (Lipinski definition) is 3. The first-order valence-electron chi connectivity index (χ1n) is 3.85. The average Bonchev–Trinajstić information content (AvgIpc) is 2.14. The standard InChI is InChI=1S/C9H8Cl2N2O/c1-6(14)9(11)13-12-8-4-2-3-7(10)5-8/h2-5,12H,1H3/b13-9+. The number of carbonyl (C=O) groups excluding carboxylic acids is 1. The van der Waals surface area contributed by atoms with Crippen molar-refractivity contribution in [1.29, 1.82) is 0 Å². The fourth-order valence-corrected chi connectivity index (χ4v) is 0.983. The van der Waals surface area contributed by atoms with Gasteiger partial charge in [0.2, 0.25) is 0 Å². The van der Waals surface area contributed by atoms with E-state index in [2.05, 4.69) is 10.5 Å². The first-order chi connectivity index (χ1) is 6.59. The number of benzene rings is 1. The van der Waals surface area contributed by atoms with Gasteiger partial charge in [-0.1, -0.05) is 29.3 Å². The Morgan fingerprint density at radius 2 is 2.21 bits per heavy atom. The molecule has 0 aliphatic rings. The van der Waals surface area contributed by atoms with Crippen LogP contribution in [0.25, 0.3) is 0 Å². The minimum Gasteiger partial charge on any atom is -0.292 e. The molecule has 0 aliphatic carbocycles. The molecule has 0 unspecified atom stereocenters. The molecule has 0 aliphatic heterocycles. The summed E-state index contributed by atoms with van der Waals surface area (Å²) >= 11 is 11.2. The number of nitrogens with one attached hydrogen (secondary N) is 1. The van der Waals surface area contributed by atoms with Crippen molar-refractivity contribution in [3.63, 3.8) is 0 Å². The molecule has 0 radical (unpaired) electrons. The predicted octanol–water partition coefficient (Wildman–Crippen LogP) is 2.89. The number of anilines is 1. The van der Waals surface area contributed by atoms with Crippen molar-refractivity contribution in [1.82, 2.24) is 0 Å². The summed E-state index contributed by atoms with van der Waals surface area (Å²) in [7, 11) is 0. The Hall–Kier alpha value is -1.06. The van der Waals surface area contributed by atoms with Crippen LogP contribution in [0.15, 0.2) is 29.4 Å². The van der Waals surface area contributed by atoms with Crippen LogP contribution in [0.3, 0.4) is 0 Å². The van der Waals surface area contributed by atoms with E-state index in [-0.39, 0.29) is 11.0 Å². The first-order valence-corrected chi connectivity index (χ1v) is 4.61. The predicted molar refractivity (Wildman–Crippen MR) is 59.0 cm³/mol. The van der Waals surface area contributed by atoms with E-state index in [0.717, 1.165) is 0 Å². The minimum atomic E-state index is -0.291. The van der Waals surface area contributed by atoms with Gasteiger partial charge in [-0.25, -0.2) is 0 Å². The number of carbonyl (C=O) groups is 1. The Kier molecular flexibility index (Phi) is 3.92. The van der Waals surface area contributed by atoms with Gasteiger partial charge in [-0.05, 0) is 18.2 Å². The summed E-state index contributed by atoms with van der Waals surface area (Å²) in [6.45, 7) is 1.34. The third kappa shape index (κ3) is 3.36. The Morgan fingerprint density at radius 1 is 1.50 bits per heavy atom. The Morgan fingerprint density at radius 3 is 2.79 bits per heavy atom. The van der Waals surface area contributed by atoms with Crippen molar-refractivity contribution in [3.05, 3.63) is 29.3 Å². The van der Waals surface area contributed by atoms with Crippen molar-refractivity contribution in [3.8, 4) is 0 Å². The average molecular weight is 231 g/mol. The van der Waals surface area contributed by atoms with Gasteiger partial charge in [0.25, 0.3) is 0 Å². The van der Waals surface area contributed by atoms with E-state index in [9.17, 15) is 4.79 Å². The van der Waals surface area contributed by atoms with Crippen LogP contribution in [-0.2, 0) is 4.79 Å². The fraction of sp³-hybridized carbons (Fsp3) is 0.111. The number of Topliss-reactive ketones (excluding diaryl/α,β-unsaturated/α-hetero) is 1. The van der Waals surface area contributed by atoms with Gasteiger partial charge in [0.15, 0.2) is 11.0 Å². The van der Waals surface area contributed by atoms with Gasteiger partial charge in [0.1, 0.15) is 0 Å². The molecule has 0 amide bonds. The summed E-state index contributed by atoms with van der Waals surface area (Å²) in [6, 6.07) is 6.94. The molecule has 1 aromatic rings. The maximum atomic E-state index is 10.7. The summed E-state index contributed by atoms with van der Waals surface area (Å²) in [5, 5.41) is 4.15. The summed E-state index contributed by atoms with van der Waals surface area (Å²) in [4.78, 5) is 10.7. The lowest BCUT2D eigenvalue weighted by Gasteiger charge is -2.00. The molecule has 0 spiro atoms. The molecule has 0 atom stereocenters. The molecular weight excluding hydrogens is 223 g/mol. The summed E-state index contributed by atoms with van der Waals surface area (Å²) in [5.41, 5.74) is 3.30. The van der Waals surface area contributed by atoms with Crippen LogP contribution in [0, 0.1) is 0 Å². The van der Waals surface area contributed by atoms with E-state index >= 15 is 0 Å². The zero-order valence-corrected chi connectivity index (χ0v) is 8.93. The number of hydrazone groups is 1. The van der Waals surface area contributed by atoms with E-state index in [1.165, 1.54) is 6.92 Å². The fourth-order valence-electron chi connectivity index (χ4n) is 0.750. The van der Waals surface area contributed by atoms with Crippen molar-refractivity contribution >= 4 is 39.8 Å². The van der Waals surface area contributed by atoms with Crippen molar-refractivity contribution in [2.75, 3.05) is 5.43 Å². The van der Waals surface area contributed by atoms with Crippen LogP contribution >= 0.6 is 23.2 Å². The van der Waals surface area contributed by atoms with E-state index < -0.39 is 0 Å². The van der Waals surface area contributed by atoms with Crippen LogP contribution in [0.2, 0.25) is 5.02 Å². The Bertz CT molecular complexity index is 377. The van der Waals surface area contributed by atoms with E-state index in [1.807, 2.05) is 0 Å². The third-order valence-corrected chi connectivity index (χ3v) is 1.98. The summed E-state index contributed by atoms with van der Waals surface area (Å²) in [5.74, 6) is -0.291. The maximum absolute atomic E-state index is 10.7. The first kappa shape index (κ1) is 11.0. The molecule has 14 heavy (non-hydrogen) atoms. The quantitative estimate of drug-likeness (QED) is 0.641. The smallest absolute Gasteiger partial charge is 0.191 e. The van der Waals surface area contributed by atoms with Crippen LogP contribution in [0.1, 0.15) is 6.92 Å². The molecule has 0 saturated heterocycles. The van der Waals surface area contributed by atoms with Gasteiger partial charge in [-0.3, -0.25) is 10.2 Å². The second-order valence-electron chi connectivity index (χ2n) is 2.58. The molecule has 0 saturated carbocycles. The molecule has 1 rings (SSSR count). The highest BCUT2D eigenvalue weighted by Crippen LogP contribution is 2.14. The molecule has 0 fully saturated rings. The lowest BCUT2D eigenvalue weighted by atomic mass is 10.3. The highest BCUT2D eigenvalue weighted by Gasteiger charge is 2.00. The van der Waals surface area contributed by atoms with Gasteiger partial charge < -0.3 is 0 Å². The van der Waals surface area contributed by atoms with E-state index in [0.29, 0.717) is 10.7 Å². The highest BCUT2D eigenvalue weighted by molar-refractivity contribution is 6.82. The Balaban J connectivity index is 2.71. The molecule has 0 aromatic heterocycles. The second kappa shape index (κ2) is 4.98. The molecule has 74 valence electrons. The molecule has 0 bridgehead atoms. The molecule has 1 N–H and O–H groups in total.